The molecular weight excluding hydrogens is 474 g/mol. The van der Waals surface area contributed by atoms with Crippen molar-refractivity contribution in [1.29, 1.82) is 0 Å². The van der Waals surface area contributed by atoms with Gasteiger partial charge in [0.2, 0.25) is 0 Å². The summed E-state index contributed by atoms with van der Waals surface area (Å²) in [6, 6.07) is 46.1. The number of nitrogens with zero attached hydrogens (tertiary/aromatic N) is 1. The van der Waals surface area contributed by atoms with Gasteiger partial charge < -0.3 is 9.64 Å². The van der Waals surface area contributed by atoms with Crippen LogP contribution in [0.5, 0.6) is 0 Å². The molecule has 0 N–H and O–H groups in total. The highest BCUT2D eigenvalue weighted by molar-refractivity contribution is 7.81. The van der Waals surface area contributed by atoms with Crippen molar-refractivity contribution < 1.29 is 9.53 Å². The van der Waals surface area contributed by atoms with Gasteiger partial charge in [-0.05, 0) is 64.2 Å². The number of ether oxygens (including phenoxy) is 1. The molecule has 5 aromatic carbocycles. The maximum Gasteiger partial charge on any atom is 0.315 e. The Morgan fingerprint density at radius 1 is 0.541 bits per heavy atom. The number of benzene rings is 5. The molecule has 0 fully saturated rings. The molecular formula is C33H27NO2S. The topological polar surface area (TPSA) is 29.5 Å². The van der Waals surface area contributed by atoms with Crippen LogP contribution in [-0.4, -0.2) is 11.7 Å². The van der Waals surface area contributed by atoms with Crippen molar-refractivity contribution in [3.05, 3.63) is 139 Å². The number of anilines is 3. The van der Waals surface area contributed by atoms with Crippen molar-refractivity contribution in [3.8, 4) is 22.3 Å². The molecule has 0 aliphatic heterocycles. The highest BCUT2D eigenvalue weighted by Crippen LogP contribution is 2.36. The molecule has 0 saturated heterocycles. The molecule has 182 valence electrons. The lowest BCUT2D eigenvalue weighted by Gasteiger charge is -2.26. The second-order valence-electron chi connectivity index (χ2n) is 8.65. The monoisotopic (exact) mass is 501 g/mol. The van der Waals surface area contributed by atoms with Gasteiger partial charge in [0, 0.05) is 17.1 Å². The number of carbonyl (C=O) groups excluding carboxylic acids is 1. The third-order valence-electron chi connectivity index (χ3n) is 6.19. The molecule has 0 bridgehead atoms. The third kappa shape index (κ3) is 5.93. The van der Waals surface area contributed by atoms with Crippen LogP contribution in [0.4, 0.5) is 17.1 Å². The number of hydrogen-bond donors (Lipinski definition) is 1. The van der Waals surface area contributed by atoms with Crippen LogP contribution < -0.4 is 4.90 Å². The molecule has 0 heterocycles. The average molecular weight is 502 g/mol. The molecule has 4 heteroatoms. The summed E-state index contributed by atoms with van der Waals surface area (Å²) in [6.45, 7) is 0.233. The quantitative estimate of drug-likeness (QED) is 0.171. The lowest BCUT2D eigenvalue weighted by Crippen LogP contribution is -2.10. The predicted octanol–water partition coefficient (Wildman–Crippen LogP) is 8.46. The Morgan fingerprint density at radius 3 is 1.32 bits per heavy atom. The zero-order valence-electron chi connectivity index (χ0n) is 20.3. The van der Waals surface area contributed by atoms with Gasteiger partial charge in [-0.1, -0.05) is 97.1 Å². The zero-order chi connectivity index (χ0) is 25.5. The highest BCUT2D eigenvalue weighted by atomic mass is 32.1. The molecule has 37 heavy (non-hydrogen) atoms. The van der Waals surface area contributed by atoms with Crippen molar-refractivity contribution in [2.45, 2.75) is 6.61 Å². The summed E-state index contributed by atoms with van der Waals surface area (Å²) in [5, 5.41) is 0. The molecule has 0 aromatic heterocycles. The fourth-order valence-corrected chi connectivity index (χ4v) is 4.36. The molecule has 0 unspecified atom stereocenters. The summed E-state index contributed by atoms with van der Waals surface area (Å²) >= 11 is 3.97. The van der Waals surface area contributed by atoms with Crippen LogP contribution in [0.3, 0.4) is 0 Å². The first-order valence-electron chi connectivity index (χ1n) is 12.2. The Hall–Kier alpha value is -4.28. The number of carbonyl (C=O) groups is 1. The van der Waals surface area contributed by atoms with Crippen LogP contribution in [0.15, 0.2) is 133 Å². The second-order valence-corrected chi connectivity index (χ2v) is 8.96. The Kier molecular flexibility index (Phi) is 7.68. The van der Waals surface area contributed by atoms with Gasteiger partial charge in [0.1, 0.15) is 6.61 Å². The van der Waals surface area contributed by atoms with E-state index in [1.807, 2.05) is 24.3 Å². The van der Waals surface area contributed by atoms with Crippen LogP contribution in [0.2, 0.25) is 0 Å². The fourth-order valence-electron chi connectivity index (χ4n) is 4.27. The van der Waals surface area contributed by atoms with Gasteiger partial charge in [0.15, 0.2) is 0 Å². The summed E-state index contributed by atoms with van der Waals surface area (Å²) in [5.41, 5.74) is 8.78. The Balaban J connectivity index is 1.48. The Morgan fingerprint density at radius 2 is 0.919 bits per heavy atom. The molecule has 3 nitrogen and oxygen atoms in total. The van der Waals surface area contributed by atoms with E-state index in [0.29, 0.717) is 0 Å². The standard InChI is InChI=1S/C33H27NO2S/c35-33(24-37)36-23-25-11-17-30(18-12-25)34(31-19-13-28(14-20-31)26-7-3-1-4-8-26)32-21-15-29(16-22-32)27-9-5-2-6-10-27/h1-22,37H,23-24H2. The van der Waals surface area contributed by atoms with Crippen LogP contribution in [-0.2, 0) is 16.1 Å². The van der Waals surface area contributed by atoms with E-state index in [0.717, 1.165) is 22.6 Å². The molecule has 0 atom stereocenters. The van der Waals surface area contributed by atoms with Crippen molar-refractivity contribution in [2.75, 3.05) is 10.7 Å². The molecule has 0 aliphatic rings. The number of thiol groups is 1. The fraction of sp³-hybridized carbons (Fsp3) is 0.0606. The van der Waals surface area contributed by atoms with Gasteiger partial charge in [-0.25, -0.2) is 0 Å². The minimum atomic E-state index is -0.328. The lowest BCUT2D eigenvalue weighted by molar-refractivity contribution is -0.141. The minimum Gasteiger partial charge on any atom is -0.460 e. The average Bonchev–Trinajstić information content (AvgIpc) is 2.98. The molecule has 0 saturated carbocycles. The molecule has 0 amide bonds. The van der Waals surface area contributed by atoms with E-state index < -0.39 is 0 Å². The maximum atomic E-state index is 11.5. The smallest absolute Gasteiger partial charge is 0.315 e. The van der Waals surface area contributed by atoms with Gasteiger partial charge >= 0.3 is 5.97 Å². The molecule has 5 aromatic rings. The number of hydrogen-bond acceptors (Lipinski definition) is 4. The van der Waals surface area contributed by atoms with Crippen LogP contribution >= 0.6 is 12.6 Å². The van der Waals surface area contributed by atoms with Crippen LogP contribution in [0, 0.1) is 0 Å². The molecule has 0 aliphatic carbocycles. The van der Waals surface area contributed by atoms with E-state index in [4.69, 9.17) is 4.74 Å². The third-order valence-corrected chi connectivity index (χ3v) is 6.45. The van der Waals surface area contributed by atoms with Gasteiger partial charge in [0.05, 0.1) is 5.75 Å². The van der Waals surface area contributed by atoms with E-state index in [1.54, 1.807) is 0 Å². The first-order valence-corrected chi connectivity index (χ1v) is 12.8. The van der Waals surface area contributed by atoms with E-state index in [9.17, 15) is 4.79 Å². The van der Waals surface area contributed by atoms with Crippen molar-refractivity contribution >= 4 is 35.7 Å². The van der Waals surface area contributed by atoms with E-state index in [-0.39, 0.29) is 18.3 Å². The van der Waals surface area contributed by atoms with Crippen molar-refractivity contribution in [2.24, 2.45) is 0 Å². The summed E-state index contributed by atoms with van der Waals surface area (Å²) in [5.74, 6) is -0.255. The summed E-state index contributed by atoms with van der Waals surface area (Å²) in [7, 11) is 0. The predicted molar refractivity (Wildman–Crippen MR) is 156 cm³/mol. The minimum absolute atomic E-state index is 0.0732. The number of rotatable bonds is 8. The van der Waals surface area contributed by atoms with Gasteiger partial charge in [-0.2, -0.15) is 12.6 Å². The van der Waals surface area contributed by atoms with Crippen LogP contribution in [0.1, 0.15) is 5.56 Å². The first-order chi connectivity index (χ1) is 18.2. The zero-order valence-corrected chi connectivity index (χ0v) is 21.2. The highest BCUT2D eigenvalue weighted by Gasteiger charge is 2.13. The Labute approximate surface area is 223 Å². The molecule has 5 rings (SSSR count). The van der Waals surface area contributed by atoms with Crippen LogP contribution in [0.25, 0.3) is 22.3 Å². The van der Waals surface area contributed by atoms with E-state index in [1.165, 1.54) is 22.3 Å². The molecule has 0 spiro atoms. The van der Waals surface area contributed by atoms with E-state index >= 15 is 0 Å². The largest absolute Gasteiger partial charge is 0.460 e. The Bertz CT molecular complexity index is 1350. The maximum absolute atomic E-state index is 11.5. The lowest BCUT2D eigenvalue weighted by atomic mass is 10.0. The first kappa shape index (κ1) is 24.4. The van der Waals surface area contributed by atoms with Crippen molar-refractivity contribution in [3.63, 3.8) is 0 Å². The normalized spacial score (nSPS) is 10.6. The summed E-state index contributed by atoms with van der Waals surface area (Å²) in [6.07, 6.45) is 0. The van der Waals surface area contributed by atoms with E-state index in [2.05, 4.69) is 127 Å². The summed E-state index contributed by atoms with van der Waals surface area (Å²) in [4.78, 5) is 13.7. The van der Waals surface area contributed by atoms with Gasteiger partial charge in [-0.15, -0.1) is 0 Å². The summed E-state index contributed by atoms with van der Waals surface area (Å²) < 4.78 is 5.23. The second kappa shape index (κ2) is 11.6. The van der Waals surface area contributed by atoms with Gasteiger partial charge in [0.25, 0.3) is 0 Å². The van der Waals surface area contributed by atoms with Crippen molar-refractivity contribution in [1.82, 2.24) is 0 Å². The van der Waals surface area contributed by atoms with Gasteiger partial charge in [-0.3, -0.25) is 4.79 Å². The number of esters is 1. The molecule has 0 radical (unpaired) electrons. The SMILES string of the molecule is O=C(CS)OCc1ccc(N(c2ccc(-c3ccccc3)cc2)c2ccc(-c3ccccc3)cc2)cc1.